The van der Waals surface area contributed by atoms with Crippen LogP contribution < -0.4 is 10.1 Å². The van der Waals surface area contributed by atoms with Gasteiger partial charge in [0, 0.05) is 7.05 Å². The summed E-state index contributed by atoms with van der Waals surface area (Å²) in [6.07, 6.45) is 0. The van der Waals surface area contributed by atoms with E-state index >= 15 is 0 Å². The molecule has 1 amide bonds. The maximum atomic E-state index is 12.3. The summed E-state index contributed by atoms with van der Waals surface area (Å²) in [4.78, 5) is 14.2. The molecule has 0 unspecified atom stereocenters. The van der Waals surface area contributed by atoms with Gasteiger partial charge >= 0.3 is 0 Å². The number of aromatic nitrogens is 3. The van der Waals surface area contributed by atoms with E-state index in [1.165, 1.54) is 0 Å². The number of carbonyl (C=O) groups excluding carboxylic acids is 1. The first-order valence-corrected chi connectivity index (χ1v) is 9.69. The van der Waals surface area contributed by atoms with Crippen molar-refractivity contribution in [2.75, 3.05) is 26.0 Å². The second kappa shape index (κ2) is 9.21. The van der Waals surface area contributed by atoms with Gasteiger partial charge in [0.15, 0.2) is 10.6 Å². The Balaban J connectivity index is 1.73. The summed E-state index contributed by atoms with van der Waals surface area (Å²) in [5, 5.41) is 7.94. The standard InChI is InChI=1S/C20H22ClN5O2S/c1-24(12-18(27)22-16-10-6-5-9-15(16)21)13-26-20(29)25(2)19(23-26)14-8-4-7-11-17(14)28-3/h4-11H,12-13H2,1-3H3,(H,22,27). The monoisotopic (exact) mass is 431 g/mol. The number of amides is 1. The van der Waals surface area contributed by atoms with E-state index in [1.807, 2.05) is 60.0 Å². The smallest absolute Gasteiger partial charge is 0.238 e. The van der Waals surface area contributed by atoms with E-state index in [4.69, 9.17) is 28.6 Å². The van der Waals surface area contributed by atoms with Gasteiger partial charge in [0.05, 0.1) is 36.6 Å². The normalized spacial score (nSPS) is 10.9. The van der Waals surface area contributed by atoms with Crippen LogP contribution in [0.1, 0.15) is 0 Å². The lowest BCUT2D eigenvalue weighted by Crippen LogP contribution is -2.32. The molecule has 3 aromatic rings. The number of carbonyl (C=O) groups is 1. The molecule has 1 N–H and O–H groups in total. The number of halogens is 1. The van der Waals surface area contributed by atoms with Crippen molar-refractivity contribution in [3.05, 3.63) is 58.3 Å². The van der Waals surface area contributed by atoms with Crippen LogP contribution >= 0.6 is 23.8 Å². The zero-order valence-electron chi connectivity index (χ0n) is 16.4. The van der Waals surface area contributed by atoms with Crippen molar-refractivity contribution in [1.29, 1.82) is 0 Å². The number of likely N-dealkylation sites (N-methyl/N-ethyl adjacent to an activating group) is 1. The Morgan fingerprint density at radius 3 is 2.66 bits per heavy atom. The van der Waals surface area contributed by atoms with Crippen molar-refractivity contribution in [3.8, 4) is 17.1 Å². The Bertz CT molecular complexity index is 1080. The number of ether oxygens (including phenoxy) is 1. The molecule has 0 aliphatic heterocycles. The third kappa shape index (κ3) is 4.84. The molecular weight excluding hydrogens is 410 g/mol. The van der Waals surface area contributed by atoms with Gasteiger partial charge in [-0.3, -0.25) is 9.69 Å². The van der Waals surface area contributed by atoms with Crippen LogP contribution in [0.15, 0.2) is 48.5 Å². The van der Waals surface area contributed by atoms with E-state index < -0.39 is 0 Å². The predicted molar refractivity (Wildman–Crippen MR) is 117 cm³/mol. The molecule has 9 heteroatoms. The molecule has 0 fully saturated rings. The number of anilines is 1. The summed E-state index contributed by atoms with van der Waals surface area (Å²) in [5.41, 5.74) is 1.43. The summed E-state index contributed by atoms with van der Waals surface area (Å²) in [6, 6.07) is 14.8. The van der Waals surface area contributed by atoms with E-state index in [9.17, 15) is 4.79 Å². The molecule has 0 bridgehead atoms. The fourth-order valence-corrected chi connectivity index (χ4v) is 3.29. The zero-order chi connectivity index (χ0) is 21.0. The van der Waals surface area contributed by atoms with Gasteiger partial charge < -0.3 is 14.6 Å². The second-order valence-corrected chi connectivity index (χ2v) is 7.32. The molecule has 0 saturated heterocycles. The first kappa shape index (κ1) is 21.0. The molecule has 2 aromatic carbocycles. The molecule has 0 radical (unpaired) electrons. The van der Waals surface area contributed by atoms with Crippen molar-refractivity contribution in [1.82, 2.24) is 19.2 Å². The average Bonchev–Trinajstić information content (AvgIpc) is 2.97. The van der Waals surface area contributed by atoms with Crippen molar-refractivity contribution in [2.45, 2.75) is 6.67 Å². The van der Waals surface area contributed by atoms with Crippen LogP contribution in [0.2, 0.25) is 5.02 Å². The quantitative estimate of drug-likeness (QED) is 0.576. The van der Waals surface area contributed by atoms with Crippen molar-refractivity contribution >= 4 is 35.4 Å². The molecule has 0 aliphatic carbocycles. The van der Waals surface area contributed by atoms with Gasteiger partial charge in [0.2, 0.25) is 5.91 Å². The number of hydrogen-bond acceptors (Lipinski definition) is 5. The third-order valence-corrected chi connectivity index (χ3v) is 5.14. The highest BCUT2D eigenvalue weighted by Gasteiger charge is 2.16. The van der Waals surface area contributed by atoms with Crippen LogP contribution in [-0.2, 0) is 18.5 Å². The Morgan fingerprint density at radius 2 is 1.93 bits per heavy atom. The predicted octanol–water partition coefficient (Wildman–Crippen LogP) is 3.81. The highest BCUT2D eigenvalue weighted by Crippen LogP contribution is 2.28. The lowest BCUT2D eigenvalue weighted by atomic mass is 10.2. The van der Waals surface area contributed by atoms with E-state index in [0.29, 0.717) is 28.0 Å². The summed E-state index contributed by atoms with van der Waals surface area (Å²) < 4.78 is 9.48. The fraction of sp³-hybridized carbons (Fsp3) is 0.250. The summed E-state index contributed by atoms with van der Waals surface area (Å²) in [6.45, 7) is 0.519. The molecule has 152 valence electrons. The number of nitrogens with one attached hydrogen (secondary N) is 1. The highest BCUT2D eigenvalue weighted by molar-refractivity contribution is 7.71. The Morgan fingerprint density at radius 1 is 1.24 bits per heavy atom. The largest absolute Gasteiger partial charge is 0.496 e. The van der Waals surface area contributed by atoms with Crippen LogP contribution in [0.5, 0.6) is 5.75 Å². The van der Waals surface area contributed by atoms with E-state index in [0.717, 1.165) is 11.3 Å². The molecule has 0 saturated carbocycles. The third-order valence-electron chi connectivity index (χ3n) is 4.33. The number of nitrogens with zero attached hydrogens (tertiary/aromatic N) is 4. The maximum Gasteiger partial charge on any atom is 0.238 e. The van der Waals surface area contributed by atoms with Gasteiger partial charge in [-0.1, -0.05) is 35.9 Å². The van der Waals surface area contributed by atoms with Gasteiger partial charge in [-0.05, 0) is 43.5 Å². The van der Waals surface area contributed by atoms with Crippen LogP contribution in [0.25, 0.3) is 11.4 Å². The average molecular weight is 432 g/mol. The topological polar surface area (TPSA) is 64.3 Å². The summed E-state index contributed by atoms with van der Waals surface area (Å²) in [7, 11) is 5.30. The van der Waals surface area contributed by atoms with Crippen LogP contribution in [0.4, 0.5) is 5.69 Å². The first-order chi connectivity index (χ1) is 13.9. The zero-order valence-corrected chi connectivity index (χ0v) is 18.0. The summed E-state index contributed by atoms with van der Waals surface area (Å²) >= 11 is 11.6. The molecule has 7 nitrogen and oxygen atoms in total. The van der Waals surface area contributed by atoms with E-state index in [1.54, 1.807) is 23.9 Å². The minimum absolute atomic E-state index is 0.160. The fourth-order valence-electron chi connectivity index (χ4n) is 2.92. The van der Waals surface area contributed by atoms with E-state index in [-0.39, 0.29) is 12.5 Å². The van der Waals surface area contributed by atoms with Crippen molar-refractivity contribution < 1.29 is 9.53 Å². The minimum atomic E-state index is -0.173. The lowest BCUT2D eigenvalue weighted by Gasteiger charge is -2.16. The number of methoxy groups -OCH3 is 1. The second-order valence-electron chi connectivity index (χ2n) is 6.55. The van der Waals surface area contributed by atoms with Gasteiger partial charge in [-0.15, -0.1) is 0 Å². The van der Waals surface area contributed by atoms with Crippen LogP contribution in [0, 0.1) is 4.77 Å². The molecule has 0 atom stereocenters. The van der Waals surface area contributed by atoms with Gasteiger partial charge in [-0.25, -0.2) is 4.68 Å². The molecule has 0 spiro atoms. The van der Waals surface area contributed by atoms with Gasteiger partial charge in [0.1, 0.15) is 5.75 Å². The molecule has 1 aromatic heterocycles. The molecule has 29 heavy (non-hydrogen) atoms. The Hall–Kier alpha value is -2.68. The van der Waals surface area contributed by atoms with Gasteiger partial charge in [-0.2, -0.15) is 5.10 Å². The maximum absolute atomic E-state index is 12.3. The van der Waals surface area contributed by atoms with Crippen LogP contribution in [0.3, 0.4) is 0 Å². The number of rotatable bonds is 7. The number of para-hydroxylation sites is 2. The molecular formula is C20H22ClN5O2S. The van der Waals surface area contributed by atoms with Crippen LogP contribution in [-0.4, -0.2) is 45.9 Å². The van der Waals surface area contributed by atoms with E-state index in [2.05, 4.69) is 10.4 Å². The molecule has 1 heterocycles. The van der Waals surface area contributed by atoms with Crippen molar-refractivity contribution in [2.24, 2.45) is 7.05 Å². The molecule has 0 aliphatic rings. The summed E-state index contributed by atoms with van der Waals surface area (Å²) in [5.74, 6) is 1.24. The Kier molecular flexibility index (Phi) is 6.68. The SMILES string of the molecule is COc1ccccc1-c1nn(CN(C)CC(=O)Nc2ccccc2Cl)c(=S)n1C. The Labute approximate surface area is 179 Å². The highest BCUT2D eigenvalue weighted by atomic mass is 35.5. The van der Waals surface area contributed by atoms with Crippen molar-refractivity contribution in [3.63, 3.8) is 0 Å². The minimum Gasteiger partial charge on any atom is -0.496 e. The first-order valence-electron chi connectivity index (χ1n) is 8.91. The number of hydrogen-bond donors (Lipinski definition) is 1. The lowest BCUT2D eigenvalue weighted by molar-refractivity contribution is -0.117. The molecule has 3 rings (SSSR count). The van der Waals surface area contributed by atoms with Gasteiger partial charge in [0.25, 0.3) is 0 Å². The number of benzene rings is 2.